The van der Waals surface area contributed by atoms with E-state index in [0.29, 0.717) is 17.3 Å². The van der Waals surface area contributed by atoms with E-state index in [-0.39, 0.29) is 18.2 Å². The summed E-state index contributed by atoms with van der Waals surface area (Å²) in [6.07, 6.45) is 7.46. The van der Waals surface area contributed by atoms with Gasteiger partial charge in [-0.05, 0) is 70.4 Å². The van der Waals surface area contributed by atoms with Crippen molar-refractivity contribution in [2.24, 2.45) is 0 Å². The highest BCUT2D eigenvalue weighted by atomic mass is 35.5. The van der Waals surface area contributed by atoms with Gasteiger partial charge in [-0.2, -0.15) is 5.10 Å². The fourth-order valence-corrected chi connectivity index (χ4v) is 4.35. The molecule has 1 aliphatic heterocycles. The molecule has 8 heteroatoms. The fourth-order valence-electron chi connectivity index (χ4n) is 4.10. The van der Waals surface area contributed by atoms with Gasteiger partial charge in [-0.15, -0.1) is 0 Å². The van der Waals surface area contributed by atoms with Gasteiger partial charge in [0.2, 0.25) is 0 Å². The zero-order valence-electron chi connectivity index (χ0n) is 18.6. The quantitative estimate of drug-likeness (QED) is 0.515. The summed E-state index contributed by atoms with van der Waals surface area (Å²) in [5, 5.41) is 4.82. The van der Waals surface area contributed by atoms with Crippen molar-refractivity contribution >= 4 is 17.7 Å². The molecule has 0 radical (unpaired) electrons. The van der Waals surface area contributed by atoms with Gasteiger partial charge in [-0.25, -0.2) is 4.79 Å². The van der Waals surface area contributed by atoms with E-state index < -0.39 is 5.60 Å². The maximum absolute atomic E-state index is 13.4. The topological polar surface area (TPSA) is 73.1 Å². The third kappa shape index (κ3) is 5.10. The van der Waals surface area contributed by atoms with E-state index in [0.717, 1.165) is 30.7 Å². The standard InChI is InChI=1S/C24H28ClN5O2/c1-24(2,3)32-23(31)30-20(11-5-12-21(30)22-18(25)9-6-13-26-22)19-10-4-8-17(28-19)16-29-15-7-14-27-29/h4,6-10,13-15,20-21H,5,11-12,16H2,1-3H3/t20-,21+/m1/s1. The number of pyridine rings is 2. The lowest BCUT2D eigenvalue weighted by Gasteiger charge is -2.42. The maximum atomic E-state index is 13.4. The van der Waals surface area contributed by atoms with E-state index in [2.05, 4.69) is 10.1 Å². The molecule has 168 valence electrons. The summed E-state index contributed by atoms with van der Waals surface area (Å²) in [5.41, 5.74) is 1.79. The fraction of sp³-hybridized carbons (Fsp3) is 0.417. The van der Waals surface area contributed by atoms with Gasteiger partial charge < -0.3 is 4.74 Å². The van der Waals surface area contributed by atoms with Crippen molar-refractivity contribution < 1.29 is 9.53 Å². The lowest BCUT2D eigenvalue weighted by Crippen LogP contribution is -2.44. The lowest BCUT2D eigenvalue weighted by molar-refractivity contribution is -0.00795. The Morgan fingerprint density at radius 2 is 1.94 bits per heavy atom. The average molecular weight is 454 g/mol. The van der Waals surface area contributed by atoms with Crippen molar-refractivity contribution in [2.75, 3.05) is 0 Å². The average Bonchev–Trinajstić information content (AvgIpc) is 3.25. The van der Waals surface area contributed by atoms with Crippen LogP contribution in [0.25, 0.3) is 0 Å². The largest absolute Gasteiger partial charge is 0.444 e. The summed E-state index contributed by atoms with van der Waals surface area (Å²) in [4.78, 5) is 24.6. The molecular formula is C24H28ClN5O2. The molecule has 0 bridgehead atoms. The van der Waals surface area contributed by atoms with Gasteiger partial charge in [0.05, 0.1) is 40.7 Å². The number of piperidine rings is 1. The number of hydrogen-bond acceptors (Lipinski definition) is 5. The van der Waals surface area contributed by atoms with E-state index in [4.69, 9.17) is 21.3 Å². The monoisotopic (exact) mass is 453 g/mol. The van der Waals surface area contributed by atoms with Crippen LogP contribution < -0.4 is 0 Å². The molecule has 4 rings (SSSR count). The van der Waals surface area contributed by atoms with E-state index in [1.807, 2.05) is 62.0 Å². The van der Waals surface area contributed by atoms with E-state index in [9.17, 15) is 4.79 Å². The second-order valence-corrected chi connectivity index (χ2v) is 9.39. The molecule has 3 aromatic rings. The van der Waals surface area contributed by atoms with Gasteiger partial charge in [-0.1, -0.05) is 17.7 Å². The SMILES string of the molecule is CC(C)(C)OC(=O)N1[C@@H](c2cccc(Cn3cccn3)n2)CCC[C@H]1c1ncccc1Cl. The first-order valence-electron chi connectivity index (χ1n) is 10.9. The second kappa shape index (κ2) is 9.28. The molecule has 1 aliphatic rings. The van der Waals surface area contributed by atoms with Crippen molar-refractivity contribution in [2.45, 2.75) is 64.3 Å². The summed E-state index contributed by atoms with van der Waals surface area (Å²) in [7, 11) is 0. The minimum atomic E-state index is -0.618. The maximum Gasteiger partial charge on any atom is 0.411 e. The van der Waals surface area contributed by atoms with Gasteiger partial charge in [0.15, 0.2) is 0 Å². The normalized spacial score (nSPS) is 19.1. The first-order valence-corrected chi connectivity index (χ1v) is 11.2. The minimum Gasteiger partial charge on any atom is -0.444 e. The van der Waals surface area contributed by atoms with Crippen molar-refractivity contribution in [3.8, 4) is 0 Å². The van der Waals surface area contributed by atoms with E-state index >= 15 is 0 Å². The molecule has 2 atom stereocenters. The molecule has 1 saturated heterocycles. The van der Waals surface area contributed by atoms with Crippen LogP contribution in [0.3, 0.4) is 0 Å². The molecule has 1 fully saturated rings. The molecule has 3 aromatic heterocycles. The van der Waals surface area contributed by atoms with Crippen molar-refractivity contribution in [1.29, 1.82) is 0 Å². The summed E-state index contributed by atoms with van der Waals surface area (Å²) < 4.78 is 7.64. The molecule has 0 N–H and O–H groups in total. The number of carbonyl (C=O) groups excluding carboxylic acids is 1. The van der Waals surface area contributed by atoms with Crippen LogP contribution >= 0.6 is 11.6 Å². The highest BCUT2D eigenvalue weighted by Gasteiger charge is 2.40. The zero-order chi connectivity index (χ0) is 22.7. The number of rotatable bonds is 4. The smallest absolute Gasteiger partial charge is 0.411 e. The second-order valence-electron chi connectivity index (χ2n) is 8.98. The molecule has 0 aromatic carbocycles. The first-order chi connectivity index (χ1) is 15.3. The first kappa shape index (κ1) is 22.3. The van der Waals surface area contributed by atoms with Crippen LogP contribution in [0.15, 0.2) is 55.0 Å². The van der Waals surface area contributed by atoms with Crippen LogP contribution in [0.2, 0.25) is 5.02 Å². The van der Waals surface area contributed by atoms with Gasteiger partial charge in [-0.3, -0.25) is 19.5 Å². The van der Waals surface area contributed by atoms with E-state index in [1.165, 1.54) is 0 Å². The molecular weight excluding hydrogens is 426 g/mol. The van der Waals surface area contributed by atoms with Crippen LogP contribution in [-0.4, -0.2) is 36.3 Å². The van der Waals surface area contributed by atoms with Crippen LogP contribution in [0.5, 0.6) is 0 Å². The number of likely N-dealkylation sites (tertiary alicyclic amines) is 1. The van der Waals surface area contributed by atoms with Crippen LogP contribution in [0.1, 0.15) is 69.2 Å². The van der Waals surface area contributed by atoms with Gasteiger partial charge >= 0.3 is 6.09 Å². The number of amides is 1. The Bertz CT molecular complexity index is 1060. The summed E-state index contributed by atoms with van der Waals surface area (Å²) in [6, 6.07) is 10.9. The van der Waals surface area contributed by atoms with Crippen molar-refractivity contribution in [3.05, 3.63) is 77.1 Å². The summed E-state index contributed by atoms with van der Waals surface area (Å²) in [6.45, 7) is 6.18. The molecule has 1 amide bonds. The van der Waals surface area contributed by atoms with Crippen LogP contribution in [0, 0.1) is 0 Å². The van der Waals surface area contributed by atoms with Crippen molar-refractivity contribution in [3.63, 3.8) is 0 Å². The number of halogens is 1. The molecule has 0 saturated carbocycles. The molecule has 0 unspecified atom stereocenters. The molecule has 0 aliphatic carbocycles. The van der Waals surface area contributed by atoms with E-state index in [1.54, 1.807) is 23.4 Å². The molecule has 4 heterocycles. The Kier molecular flexibility index (Phi) is 6.46. The lowest BCUT2D eigenvalue weighted by atomic mass is 9.91. The summed E-state index contributed by atoms with van der Waals surface area (Å²) in [5.74, 6) is 0. The number of ether oxygens (including phenoxy) is 1. The molecule has 32 heavy (non-hydrogen) atoms. The molecule has 7 nitrogen and oxygen atoms in total. The third-order valence-corrected chi connectivity index (χ3v) is 5.71. The Morgan fingerprint density at radius 3 is 2.66 bits per heavy atom. The number of hydrogen-bond donors (Lipinski definition) is 0. The predicted molar refractivity (Wildman–Crippen MR) is 122 cm³/mol. The highest BCUT2D eigenvalue weighted by Crippen LogP contribution is 2.43. The molecule has 0 spiro atoms. The third-order valence-electron chi connectivity index (χ3n) is 5.39. The minimum absolute atomic E-state index is 0.237. The Morgan fingerprint density at radius 1 is 1.12 bits per heavy atom. The highest BCUT2D eigenvalue weighted by molar-refractivity contribution is 6.31. The van der Waals surface area contributed by atoms with Gasteiger partial charge in [0.25, 0.3) is 0 Å². The number of aromatic nitrogens is 4. The summed E-state index contributed by atoms with van der Waals surface area (Å²) >= 11 is 6.49. The Balaban J connectivity index is 1.70. The number of carbonyl (C=O) groups is 1. The zero-order valence-corrected chi connectivity index (χ0v) is 19.4. The van der Waals surface area contributed by atoms with Crippen LogP contribution in [-0.2, 0) is 11.3 Å². The van der Waals surface area contributed by atoms with Crippen LogP contribution in [0.4, 0.5) is 4.79 Å². The van der Waals surface area contributed by atoms with Gasteiger partial charge in [0, 0.05) is 18.6 Å². The predicted octanol–water partition coefficient (Wildman–Crippen LogP) is 5.58. The Hall–Kier alpha value is -2.93. The van der Waals surface area contributed by atoms with Gasteiger partial charge in [0.1, 0.15) is 5.60 Å². The number of nitrogens with zero attached hydrogens (tertiary/aromatic N) is 5. The van der Waals surface area contributed by atoms with Crippen molar-refractivity contribution in [1.82, 2.24) is 24.6 Å². The Labute approximate surface area is 193 Å².